The van der Waals surface area contributed by atoms with E-state index in [0.29, 0.717) is 0 Å². The quantitative estimate of drug-likeness (QED) is 0.263. The van der Waals surface area contributed by atoms with Crippen molar-refractivity contribution in [2.75, 3.05) is 5.32 Å². The number of hydrogen-bond acceptors (Lipinski definition) is 2. The number of nitrogens with one attached hydrogen (secondary N) is 2. The molecule has 0 fully saturated rings. The second-order valence-electron chi connectivity index (χ2n) is 10.8. The number of para-hydroxylation sites is 1. The summed E-state index contributed by atoms with van der Waals surface area (Å²) in [5, 5.41) is 16.1. The van der Waals surface area contributed by atoms with Crippen LogP contribution < -0.4 is 5.32 Å². The average Bonchev–Trinajstić information content (AvgIpc) is 3.19. The summed E-state index contributed by atoms with van der Waals surface area (Å²) in [5.41, 5.74) is 12.0. The largest absolute Gasteiger partial charge is 0.390 e. The molecule has 0 bridgehead atoms. The van der Waals surface area contributed by atoms with Gasteiger partial charge in [-0.2, -0.15) is 0 Å². The highest BCUT2D eigenvalue weighted by Crippen LogP contribution is 2.46. The van der Waals surface area contributed by atoms with E-state index in [-0.39, 0.29) is 5.92 Å². The third-order valence-electron chi connectivity index (χ3n) is 7.60. The van der Waals surface area contributed by atoms with Crippen LogP contribution in [0.2, 0.25) is 0 Å². The maximum atomic E-state index is 11.2. The van der Waals surface area contributed by atoms with E-state index >= 15 is 0 Å². The molecule has 0 saturated carbocycles. The smallest absolute Gasteiger partial charge is 0.0831 e. The van der Waals surface area contributed by atoms with Crippen molar-refractivity contribution >= 4 is 16.6 Å². The van der Waals surface area contributed by atoms with Gasteiger partial charge in [-0.3, -0.25) is 0 Å². The van der Waals surface area contributed by atoms with Gasteiger partial charge in [0.05, 0.1) is 17.2 Å². The van der Waals surface area contributed by atoms with Crippen molar-refractivity contribution in [3.8, 4) is 23.0 Å². The van der Waals surface area contributed by atoms with E-state index in [4.69, 9.17) is 0 Å². The first-order valence-electron chi connectivity index (χ1n) is 12.4. The standard InChI is InChI=1S/C32H34N2O/c1-18-11-12-23(19(2)15-18)13-14-25-27(26-10-8-9-24-21(4)17-33-30(24)26)16-20(3)29-28(25)22(5)31(35)32(6,7)34-29/h8-12,15-17,22,31,33-35H,1-7H3/t22-,31+/m0/s1. The molecule has 5 rings (SSSR count). The first-order valence-corrected chi connectivity index (χ1v) is 12.4. The fourth-order valence-corrected chi connectivity index (χ4v) is 5.59. The zero-order valence-electron chi connectivity index (χ0n) is 21.7. The van der Waals surface area contributed by atoms with Crippen LogP contribution in [0.1, 0.15) is 65.6 Å². The Balaban J connectivity index is 1.83. The van der Waals surface area contributed by atoms with Crippen molar-refractivity contribution in [1.82, 2.24) is 4.98 Å². The number of aliphatic hydroxyl groups excluding tert-OH is 1. The molecule has 4 aromatic rings. The number of anilines is 1. The molecule has 1 aromatic heterocycles. The predicted molar refractivity (Wildman–Crippen MR) is 147 cm³/mol. The minimum absolute atomic E-state index is 0.0621. The Bertz CT molecular complexity index is 1530. The topological polar surface area (TPSA) is 48.0 Å². The molecule has 35 heavy (non-hydrogen) atoms. The third kappa shape index (κ3) is 3.83. The van der Waals surface area contributed by atoms with Gasteiger partial charge >= 0.3 is 0 Å². The zero-order chi connectivity index (χ0) is 25.1. The number of benzene rings is 3. The van der Waals surface area contributed by atoms with Crippen LogP contribution in [-0.2, 0) is 0 Å². The lowest BCUT2D eigenvalue weighted by atomic mass is 9.75. The van der Waals surface area contributed by atoms with E-state index in [1.165, 1.54) is 27.6 Å². The Morgan fingerprint density at radius 3 is 2.40 bits per heavy atom. The van der Waals surface area contributed by atoms with Gasteiger partial charge in [0.25, 0.3) is 0 Å². The SMILES string of the molecule is Cc1ccc(C#Cc2c(-c3cccc4c(C)c[nH]c34)cc(C)c3c2[C@H](C)[C@@H](O)C(C)(C)N3)c(C)c1. The summed E-state index contributed by atoms with van der Waals surface area (Å²) in [5.74, 6) is 6.99. The highest BCUT2D eigenvalue weighted by molar-refractivity contribution is 5.98. The van der Waals surface area contributed by atoms with Crippen molar-refractivity contribution in [1.29, 1.82) is 0 Å². The molecule has 0 unspecified atom stereocenters. The van der Waals surface area contributed by atoms with Crippen molar-refractivity contribution in [2.24, 2.45) is 0 Å². The van der Waals surface area contributed by atoms with Gasteiger partial charge < -0.3 is 15.4 Å². The molecule has 1 aliphatic heterocycles. The summed E-state index contributed by atoms with van der Waals surface area (Å²) in [4.78, 5) is 3.49. The lowest BCUT2D eigenvalue weighted by Gasteiger charge is -2.43. The number of aryl methyl sites for hydroxylation is 4. The van der Waals surface area contributed by atoms with Gasteiger partial charge in [0.1, 0.15) is 0 Å². The lowest BCUT2D eigenvalue weighted by Crippen LogP contribution is -2.50. The molecule has 3 aromatic carbocycles. The Morgan fingerprint density at radius 1 is 0.886 bits per heavy atom. The van der Waals surface area contributed by atoms with E-state index in [1.54, 1.807) is 0 Å². The van der Waals surface area contributed by atoms with E-state index < -0.39 is 11.6 Å². The molecule has 0 amide bonds. The van der Waals surface area contributed by atoms with Crippen LogP contribution in [0, 0.1) is 39.5 Å². The molecule has 0 saturated heterocycles. The van der Waals surface area contributed by atoms with Gasteiger partial charge in [-0.15, -0.1) is 0 Å². The van der Waals surface area contributed by atoms with Gasteiger partial charge in [0.2, 0.25) is 0 Å². The fraction of sp³-hybridized carbons (Fsp3) is 0.312. The van der Waals surface area contributed by atoms with Gasteiger partial charge in [0, 0.05) is 45.4 Å². The highest BCUT2D eigenvalue weighted by Gasteiger charge is 2.40. The number of rotatable bonds is 1. The molecular weight excluding hydrogens is 428 g/mol. The molecular formula is C32H34N2O. The predicted octanol–water partition coefficient (Wildman–Crippen LogP) is 7.14. The van der Waals surface area contributed by atoms with Crippen molar-refractivity contribution in [3.05, 3.63) is 87.6 Å². The molecule has 3 heteroatoms. The Morgan fingerprint density at radius 2 is 1.66 bits per heavy atom. The molecule has 3 nitrogen and oxygen atoms in total. The molecule has 2 atom stereocenters. The Hall–Kier alpha value is -3.48. The molecule has 0 aliphatic carbocycles. The van der Waals surface area contributed by atoms with Gasteiger partial charge in [0.15, 0.2) is 0 Å². The highest BCUT2D eigenvalue weighted by atomic mass is 16.3. The summed E-state index contributed by atoms with van der Waals surface area (Å²) < 4.78 is 0. The number of aromatic amines is 1. The van der Waals surface area contributed by atoms with Gasteiger partial charge in [-0.05, 0) is 75.9 Å². The maximum Gasteiger partial charge on any atom is 0.0831 e. The van der Waals surface area contributed by atoms with Crippen LogP contribution in [0.15, 0.2) is 48.7 Å². The summed E-state index contributed by atoms with van der Waals surface area (Å²) in [6, 6.07) is 15.1. The number of aromatic nitrogens is 1. The van der Waals surface area contributed by atoms with E-state index in [0.717, 1.165) is 39.0 Å². The van der Waals surface area contributed by atoms with Gasteiger partial charge in [-0.25, -0.2) is 0 Å². The second-order valence-corrected chi connectivity index (χ2v) is 10.8. The van der Waals surface area contributed by atoms with Crippen LogP contribution in [0.5, 0.6) is 0 Å². The van der Waals surface area contributed by atoms with Crippen molar-refractivity contribution < 1.29 is 5.11 Å². The zero-order valence-corrected chi connectivity index (χ0v) is 21.7. The Labute approximate surface area is 208 Å². The summed E-state index contributed by atoms with van der Waals surface area (Å²) in [6.45, 7) is 14.7. The third-order valence-corrected chi connectivity index (χ3v) is 7.60. The molecule has 0 spiro atoms. The van der Waals surface area contributed by atoms with E-state index in [2.05, 4.69) is 119 Å². The minimum Gasteiger partial charge on any atom is -0.390 e. The second kappa shape index (κ2) is 8.33. The van der Waals surface area contributed by atoms with Crippen LogP contribution in [0.4, 0.5) is 5.69 Å². The molecule has 1 aliphatic rings. The number of hydrogen-bond donors (Lipinski definition) is 3. The summed E-state index contributed by atoms with van der Waals surface area (Å²) >= 11 is 0. The fourth-order valence-electron chi connectivity index (χ4n) is 5.59. The van der Waals surface area contributed by atoms with Crippen LogP contribution in [0.25, 0.3) is 22.0 Å². The molecule has 2 heterocycles. The number of H-pyrrole nitrogens is 1. The normalized spacial score (nSPS) is 18.5. The maximum absolute atomic E-state index is 11.2. The lowest BCUT2D eigenvalue weighted by molar-refractivity contribution is 0.0868. The molecule has 3 N–H and O–H groups in total. The summed E-state index contributed by atoms with van der Waals surface area (Å²) in [6.07, 6.45) is 1.53. The number of aliphatic hydroxyl groups is 1. The van der Waals surface area contributed by atoms with Crippen LogP contribution in [0.3, 0.4) is 0 Å². The van der Waals surface area contributed by atoms with Crippen LogP contribution >= 0.6 is 0 Å². The number of fused-ring (bicyclic) bond motifs is 2. The van der Waals surface area contributed by atoms with E-state index in [1.807, 2.05) is 0 Å². The monoisotopic (exact) mass is 462 g/mol. The average molecular weight is 463 g/mol. The van der Waals surface area contributed by atoms with Gasteiger partial charge in [-0.1, -0.05) is 54.7 Å². The summed E-state index contributed by atoms with van der Waals surface area (Å²) in [7, 11) is 0. The molecule has 178 valence electrons. The molecule has 0 radical (unpaired) electrons. The minimum atomic E-state index is -0.533. The Kier molecular flexibility index (Phi) is 5.54. The van der Waals surface area contributed by atoms with Crippen molar-refractivity contribution in [3.63, 3.8) is 0 Å². The first kappa shape index (κ1) is 23.3. The first-order chi connectivity index (χ1) is 16.6. The van der Waals surface area contributed by atoms with E-state index in [9.17, 15) is 5.11 Å². The van der Waals surface area contributed by atoms with Crippen LogP contribution in [-0.4, -0.2) is 21.7 Å². The van der Waals surface area contributed by atoms with Crippen molar-refractivity contribution in [2.45, 2.75) is 66.0 Å².